The molecule has 0 saturated heterocycles. The van der Waals surface area contributed by atoms with Crippen molar-refractivity contribution in [3.63, 3.8) is 0 Å². The van der Waals surface area contributed by atoms with E-state index in [1.165, 1.54) is 43.2 Å². The first-order valence-corrected chi connectivity index (χ1v) is 9.74. The van der Waals surface area contributed by atoms with Crippen molar-refractivity contribution in [1.29, 1.82) is 0 Å². The Balaban J connectivity index is 0.000000368. The summed E-state index contributed by atoms with van der Waals surface area (Å²) in [7, 11) is -2.79. The van der Waals surface area contributed by atoms with E-state index in [-0.39, 0.29) is 5.72 Å². The highest BCUT2D eigenvalue weighted by Crippen LogP contribution is 2.38. The standard InChI is InChI=1S/C17H23NO.H3O4P/c1-19-17(13-14-7-3-2-4-8-14)16-10-6-5-9-15(16)11-12-18-17;1-5(2,3)4/h2-4,7-8,18H,5-6,9-13H2,1H3;(H3,1,2,3,4)/t17-;/m0./s1. The molecule has 0 amide bonds. The molecule has 134 valence electrons. The zero-order valence-corrected chi connectivity index (χ0v) is 14.8. The van der Waals surface area contributed by atoms with Crippen LogP contribution in [-0.4, -0.2) is 34.1 Å². The fourth-order valence-corrected chi connectivity index (χ4v) is 3.57. The zero-order valence-electron chi connectivity index (χ0n) is 13.9. The van der Waals surface area contributed by atoms with Crippen LogP contribution in [0.5, 0.6) is 0 Å². The van der Waals surface area contributed by atoms with Crippen LogP contribution < -0.4 is 5.32 Å². The summed E-state index contributed by atoms with van der Waals surface area (Å²) in [5.41, 5.74) is 4.28. The third-order valence-electron chi connectivity index (χ3n) is 4.55. The summed E-state index contributed by atoms with van der Waals surface area (Å²) in [4.78, 5) is 21.6. The van der Waals surface area contributed by atoms with Gasteiger partial charge in [-0.1, -0.05) is 35.9 Å². The van der Waals surface area contributed by atoms with Crippen molar-refractivity contribution in [2.45, 2.75) is 44.2 Å². The van der Waals surface area contributed by atoms with Crippen molar-refractivity contribution in [3.8, 4) is 0 Å². The van der Waals surface area contributed by atoms with Crippen LogP contribution >= 0.6 is 7.82 Å². The summed E-state index contributed by atoms with van der Waals surface area (Å²) in [6, 6.07) is 10.7. The van der Waals surface area contributed by atoms with Gasteiger partial charge in [0, 0.05) is 20.1 Å². The highest BCUT2D eigenvalue weighted by Gasteiger charge is 2.39. The topological polar surface area (TPSA) is 99.0 Å². The van der Waals surface area contributed by atoms with E-state index in [1.54, 1.807) is 5.57 Å². The Morgan fingerprint density at radius 1 is 1.12 bits per heavy atom. The third kappa shape index (κ3) is 5.52. The van der Waals surface area contributed by atoms with Crippen LogP contribution in [0.3, 0.4) is 0 Å². The Kier molecular flexibility index (Phi) is 6.75. The van der Waals surface area contributed by atoms with Gasteiger partial charge in [0.1, 0.15) is 5.72 Å². The Bertz CT molecular complexity index is 600. The maximum absolute atomic E-state index is 8.88. The number of methoxy groups -OCH3 is 1. The van der Waals surface area contributed by atoms with Gasteiger partial charge in [-0.25, -0.2) is 4.57 Å². The monoisotopic (exact) mass is 355 g/mol. The molecule has 0 aromatic heterocycles. The van der Waals surface area contributed by atoms with Crippen molar-refractivity contribution < 1.29 is 24.0 Å². The lowest BCUT2D eigenvalue weighted by Gasteiger charge is -2.43. The minimum Gasteiger partial charge on any atom is -0.360 e. The number of phosphoric acid groups is 1. The highest BCUT2D eigenvalue weighted by molar-refractivity contribution is 7.45. The number of ether oxygens (including phenoxy) is 1. The Hall–Kier alpha value is -1.01. The summed E-state index contributed by atoms with van der Waals surface area (Å²) in [6.07, 6.45) is 7.27. The predicted molar refractivity (Wildman–Crippen MR) is 92.3 cm³/mol. The average molecular weight is 355 g/mol. The minimum absolute atomic E-state index is 0.255. The molecule has 1 aliphatic carbocycles. The zero-order chi connectivity index (χ0) is 17.6. The van der Waals surface area contributed by atoms with Crippen molar-refractivity contribution >= 4 is 7.82 Å². The van der Waals surface area contributed by atoms with Crippen molar-refractivity contribution in [2.75, 3.05) is 13.7 Å². The molecule has 0 fully saturated rings. The van der Waals surface area contributed by atoms with E-state index < -0.39 is 7.82 Å². The van der Waals surface area contributed by atoms with Gasteiger partial charge in [-0.2, -0.15) is 0 Å². The molecule has 0 saturated carbocycles. The van der Waals surface area contributed by atoms with Crippen molar-refractivity contribution in [1.82, 2.24) is 5.32 Å². The Morgan fingerprint density at radius 3 is 2.38 bits per heavy atom. The van der Waals surface area contributed by atoms with Gasteiger partial charge in [-0.15, -0.1) is 0 Å². The predicted octanol–water partition coefficient (Wildman–Crippen LogP) is 2.51. The summed E-state index contributed by atoms with van der Waals surface area (Å²) < 4.78 is 14.9. The van der Waals surface area contributed by atoms with Crippen LogP contribution in [0.2, 0.25) is 0 Å². The van der Waals surface area contributed by atoms with E-state index in [1.807, 2.05) is 7.11 Å². The van der Waals surface area contributed by atoms with Gasteiger partial charge in [0.15, 0.2) is 0 Å². The molecular weight excluding hydrogens is 329 g/mol. The molecule has 7 heteroatoms. The maximum atomic E-state index is 8.88. The molecule has 3 rings (SSSR count). The minimum atomic E-state index is -4.64. The number of nitrogens with one attached hydrogen (secondary N) is 1. The van der Waals surface area contributed by atoms with Gasteiger partial charge in [0.05, 0.1) is 0 Å². The molecule has 0 radical (unpaired) electrons. The second-order valence-corrected chi connectivity index (χ2v) is 7.20. The molecule has 6 nitrogen and oxygen atoms in total. The molecule has 24 heavy (non-hydrogen) atoms. The normalized spacial score (nSPS) is 24.0. The molecule has 0 spiro atoms. The number of hydrogen-bond donors (Lipinski definition) is 4. The molecular formula is C17H26NO5P. The summed E-state index contributed by atoms with van der Waals surface area (Å²) >= 11 is 0. The van der Waals surface area contributed by atoms with Crippen molar-refractivity contribution in [2.24, 2.45) is 0 Å². The van der Waals surface area contributed by atoms with Gasteiger partial charge in [0.2, 0.25) is 0 Å². The van der Waals surface area contributed by atoms with Crippen LogP contribution in [0.15, 0.2) is 41.5 Å². The SMILES string of the molecule is CO[C@]1(Cc2ccccc2)NCCC2=C1CCCC2.O=P(O)(O)O. The number of benzene rings is 1. The summed E-state index contributed by atoms with van der Waals surface area (Å²) in [5, 5.41) is 3.65. The lowest BCUT2D eigenvalue weighted by Crippen LogP contribution is -2.54. The van der Waals surface area contributed by atoms with E-state index in [9.17, 15) is 0 Å². The maximum Gasteiger partial charge on any atom is 0.466 e. The Labute approximate surface area is 142 Å². The molecule has 0 unspecified atom stereocenters. The quantitative estimate of drug-likeness (QED) is 0.491. The second kappa shape index (κ2) is 8.39. The van der Waals surface area contributed by atoms with Crippen LogP contribution in [0.25, 0.3) is 0 Å². The molecule has 0 bridgehead atoms. The first-order chi connectivity index (χ1) is 11.3. The lowest BCUT2D eigenvalue weighted by atomic mass is 9.79. The van der Waals surface area contributed by atoms with Gasteiger partial charge < -0.3 is 19.4 Å². The first kappa shape index (κ1) is 19.3. The largest absolute Gasteiger partial charge is 0.466 e. The van der Waals surface area contributed by atoms with E-state index in [4.69, 9.17) is 24.0 Å². The highest BCUT2D eigenvalue weighted by atomic mass is 31.2. The number of rotatable bonds is 3. The average Bonchev–Trinajstić information content (AvgIpc) is 2.54. The van der Waals surface area contributed by atoms with E-state index in [2.05, 4.69) is 35.6 Å². The van der Waals surface area contributed by atoms with Gasteiger partial charge in [-0.3, -0.25) is 5.32 Å². The third-order valence-corrected chi connectivity index (χ3v) is 4.55. The van der Waals surface area contributed by atoms with Crippen molar-refractivity contribution in [3.05, 3.63) is 47.0 Å². The fraction of sp³-hybridized carbons (Fsp3) is 0.529. The van der Waals surface area contributed by atoms with Crippen LogP contribution in [0, 0.1) is 0 Å². The second-order valence-electron chi connectivity index (χ2n) is 6.17. The molecule has 4 N–H and O–H groups in total. The molecule has 1 aromatic carbocycles. The summed E-state index contributed by atoms with van der Waals surface area (Å²) in [5.74, 6) is 0. The Morgan fingerprint density at radius 2 is 1.75 bits per heavy atom. The molecule has 1 aliphatic heterocycles. The molecule has 1 aromatic rings. The van der Waals surface area contributed by atoms with E-state index in [0.717, 1.165) is 13.0 Å². The molecule has 2 aliphatic rings. The van der Waals surface area contributed by atoms with E-state index in [0.29, 0.717) is 0 Å². The van der Waals surface area contributed by atoms with Crippen LogP contribution in [-0.2, 0) is 15.7 Å². The smallest absolute Gasteiger partial charge is 0.360 e. The number of hydrogen-bond acceptors (Lipinski definition) is 3. The lowest BCUT2D eigenvalue weighted by molar-refractivity contribution is -0.0168. The van der Waals surface area contributed by atoms with Gasteiger partial charge >= 0.3 is 7.82 Å². The molecule has 1 atom stereocenters. The first-order valence-electron chi connectivity index (χ1n) is 8.18. The van der Waals surface area contributed by atoms with Crippen LogP contribution in [0.1, 0.15) is 37.7 Å². The molecule has 1 heterocycles. The fourth-order valence-electron chi connectivity index (χ4n) is 3.57. The van der Waals surface area contributed by atoms with Gasteiger partial charge in [0.25, 0.3) is 0 Å². The van der Waals surface area contributed by atoms with Gasteiger partial charge in [-0.05, 0) is 43.2 Å². The van der Waals surface area contributed by atoms with Crippen LogP contribution in [0.4, 0.5) is 0 Å². The summed E-state index contributed by atoms with van der Waals surface area (Å²) in [6.45, 7) is 1.04. The van der Waals surface area contributed by atoms with E-state index >= 15 is 0 Å².